The van der Waals surface area contributed by atoms with E-state index >= 15 is 0 Å². The number of amides is 1. The molecule has 1 aromatic carbocycles. The summed E-state index contributed by atoms with van der Waals surface area (Å²) in [4.78, 5) is 25.5. The first kappa shape index (κ1) is 14.7. The van der Waals surface area contributed by atoms with Crippen LogP contribution in [-0.2, 0) is 0 Å². The molecule has 0 radical (unpaired) electrons. The van der Waals surface area contributed by atoms with Crippen molar-refractivity contribution in [1.82, 2.24) is 4.90 Å². The van der Waals surface area contributed by atoms with Crippen molar-refractivity contribution in [2.75, 3.05) is 6.54 Å². The van der Waals surface area contributed by atoms with Crippen molar-refractivity contribution in [3.05, 3.63) is 35.4 Å². The van der Waals surface area contributed by atoms with Crippen LogP contribution in [0.4, 0.5) is 0 Å². The van der Waals surface area contributed by atoms with E-state index in [2.05, 4.69) is 0 Å². The summed E-state index contributed by atoms with van der Waals surface area (Å²) in [6.07, 6.45) is 1.73. The number of likely N-dealkylation sites (tertiary alicyclic amines) is 1. The third-order valence-corrected chi connectivity index (χ3v) is 3.87. The van der Waals surface area contributed by atoms with Gasteiger partial charge in [-0.15, -0.1) is 0 Å². The average molecular weight is 275 g/mol. The Hall–Kier alpha value is -1.68. The molecule has 2 rings (SSSR count). The van der Waals surface area contributed by atoms with Crippen LogP contribution >= 0.6 is 0 Å². The molecule has 4 nitrogen and oxygen atoms in total. The monoisotopic (exact) mass is 275 g/mol. The van der Waals surface area contributed by atoms with Crippen LogP contribution in [-0.4, -0.2) is 39.9 Å². The van der Waals surface area contributed by atoms with Gasteiger partial charge in [-0.1, -0.05) is 12.1 Å². The minimum Gasteiger partial charge on any atom is -0.388 e. The number of nitrogens with zero attached hydrogens (tertiary/aromatic N) is 1. The quantitative estimate of drug-likeness (QED) is 0.861. The van der Waals surface area contributed by atoms with Gasteiger partial charge in [0, 0.05) is 17.7 Å². The second-order valence-corrected chi connectivity index (χ2v) is 5.94. The van der Waals surface area contributed by atoms with Gasteiger partial charge in [-0.25, -0.2) is 0 Å². The lowest BCUT2D eigenvalue weighted by atomic mass is 9.96. The largest absolute Gasteiger partial charge is 0.388 e. The number of ketones is 1. The van der Waals surface area contributed by atoms with Crippen molar-refractivity contribution in [2.45, 2.75) is 45.3 Å². The molecule has 0 spiro atoms. The van der Waals surface area contributed by atoms with Crippen LogP contribution in [0.2, 0.25) is 0 Å². The predicted molar refractivity (Wildman–Crippen MR) is 76.8 cm³/mol. The van der Waals surface area contributed by atoms with Gasteiger partial charge in [-0.05, 0) is 45.7 Å². The maximum atomic E-state index is 12.5. The molecule has 1 saturated heterocycles. The number of hydrogen-bond acceptors (Lipinski definition) is 3. The van der Waals surface area contributed by atoms with E-state index in [9.17, 15) is 14.7 Å². The van der Waals surface area contributed by atoms with Gasteiger partial charge in [0.25, 0.3) is 5.91 Å². The molecule has 1 aromatic rings. The van der Waals surface area contributed by atoms with E-state index in [-0.39, 0.29) is 17.7 Å². The Labute approximate surface area is 119 Å². The zero-order chi connectivity index (χ0) is 14.9. The van der Waals surface area contributed by atoms with Crippen LogP contribution in [0.15, 0.2) is 24.3 Å². The molecular weight excluding hydrogens is 254 g/mol. The first-order valence-corrected chi connectivity index (χ1v) is 6.95. The van der Waals surface area contributed by atoms with E-state index < -0.39 is 5.60 Å². The van der Waals surface area contributed by atoms with Gasteiger partial charge in [0.2, 0.25) is 0 Å². The zero-order valence-electron chi connectivity index (χ0n) is 12.2. The van der Waals surface area contributed by atoms with Crippen molar-refractivity contribution in [1.29, 1.82) is 0 Å². The predicted octanol–water partition coefficient (Wildman–Crippen LogP) is 2.26. The molecule has 1 aliphatic heterocycles. The second kappa shape index (κ2) is 5.37. The number of hydrogen-bond donors (Lipinski definition) is 1. The molecule has 1 N–H and O–H groups in total. The second-order valence-electron chi connectivity index (χ2n) is 5.94. The molecule has 20 heavy (non-hydrogen) atoms. The van der Waals surface area contributed by atoms with E-state index in [4.69, 9.17) is 0 Å². The van der Waals surface area contributed by atoms with Crippen molar-refractivity contribution in [3.63, 3.8) is 0 Å². The van der Waals surface area contributed by atoms with E-state index in [1.807, 2.05) is 0 Å². The molecule has 1 fully saturated rings. The van der Waals surface area contributed by atoms with Crippen molar-refractivity contribution >= 4 is 11.7 Å². The van der Waals surface area contributed by atoms with Crippen LogP contribution in [0.1, 0.15) is 54.3 Å². The minimum absolute atomic E-state index is 0.0143. The molecule has 1 aliphatic rings. The van der Waals surface area contributed by atoms with Gasteiger partial charge < -0.3 is 10.0 Å². The number of rotatable bonds is 3. The van der Waals surface area contributed by atoms with Crippen LogP contribution in [0.5, 0.6) is 0 Å². The first-order chi connectivity index (χ1) is 9.30. The highest BCUT2D eigenvalue weighted by Crippen LogP contribution is 2.28. The van der Waals surface area contributed by atoms with E-state index in [1.54, 1.807) is 43.0 Å². The smallest absolute Gasteiger partial charge is 0.254 e. The van der Waals surface area contributed by atoms with Crippen LogP contribution < -0.4 is 0 Å². The van der Waals surface area contributed by atoms with Crippen LogP contribution in [0.3, 0.4) is 0 Å². The van der Waals surface area contributed by atoms with E-state index in [1.165, 1.54) is 6.92 Å². The number of aliphatic hydroxyl groups is 1. The summed E-state index contributed by atoms with van der Waals surface area (Å²) in [7, 11) is 0. The number of carbonyl (C=O) groups excluding carboxylic acids is 2. The van der Waals surface area contributed by atoms with Crippen LogP contribution in [0.25, 0.3) is 0 Å². The highest BCUT2D eigenvalue weighted by molar-refractivity contribution is 5.98. The fraction of sp³-hybridized carbons (Fsp3) is 0.500. The summed E-state index contributed by atoms with van der Waals surface area (Å²) in [5.74, 6) is -0.0933. The molecule has 1 atom stereocenters. The summed E-state index contributed by atoms with van der Waals surface area (Å²) in [5, 5.41) is 10.2. The Morgan fingerprint density at radius 3 is 2.25 bits per heavy atom. The molecule has 1 amide bonds. The molecule has 0 bridgehead atoms. The Morgan fingerprint density at radius 2 is 1.75 bits per heavy atom. The molecular formula is C16H21NO3. The first-order valence-electron chi connectivity index (χ1n) is 6.95. The lowest BCUT2D eigenvalue weighted by molar-refractivity contribution is 0.000336. The maximum absolute atomic E-state index is 12.5. The molecule has 0 aliphatic carbocycles. The Morgan fingerprint density at radius 1 is 1.20 bits per heavy atom. The van der Waals surface area contributed by atoms with E-state index in [0.29, 0.717) is 17.7 Å². The number of carbonyl (C=O) groups is 2. The van der Waals surface area contributed by atoms with Gasteiger partial charge in [0.05, 0.1) is 11.6 Å². The SMILES string of the molecule is CC(=O)c1ccc(C(=O)N2CCCC2C(C)(C)O)cc1. The Kier molecular flexibility index (Phi) is 3.95. The third-order valence-electron chi connectivity index (χ3n) is 3.87. The summed E-state index contributed by atoms with van der Waals surface area (Å²) in [6, 6.07) is 6.55. The van der Waals surface area contributed by atoms with Gasteiger partial charge in [-0.2, -0.15) is 0 Å². The highest BCUT2D eigenvalue weighted by atomic mass is 16.3. The van der Waals surface area contributed by atoms with Gasteiger partial charge in [-0.3, -0.25) is 9.59 Å². The fourth-order valence-electron chi connectivity index (χ4n) is 2.76. The Bertz CT molecular complexity index is 514. The lowest BCUT2D eigenvalue weighted by Gasteiger charge is -2.33. The molecule has 1 unspecified atom stereocenters. The summed E-state index contributed by atoms with van der Waals surface area (Å²) >= 11 is 0. The minimum atomic E-state index is -0.897. The topological polar surface area (TPSA) is 57.6 Å². The normalized spacial score (nSPS) is 19.2. The van der Waals surface area contributed by atoms with Crippen molar-refractivity contribution in [3.8, 4) is 0 Å². The van der Waals surface area contributed by atoms with Crippen molar-refractivity contribution in [2.24, 2.45) is 0 Å². The van der Waals surface area contributed by atoms with Crippen molar-refractivity contribution < 1.29 is 14.7 Å². The summed E-state index contributed by atoms with van der Waals surface area (Å²) in [6.45, 7) is 5.65. The standard InChI is InChI=1S/C16H21NO3/c1-11(18)12-6-8-13(9-7-12)15(19)17-10-4-5-14(17)16(2,3)20/h6-9,14,20H,4-5,10H2,1-3H3. The van der Waals surface area contributed by atoms with Gasteiger partial charge in [0.1, 0.15) is 0 Å². The van der Waals surface area contributed by atoms with E-state index in [0.717, 1.165) is 12.8 Å². The van der Waals surface area contributed by atoms with Gasteiger partial charge >= 0.3 is 0 Å². The number of Topliss-reactive ketones (excluding diaryl/α,β-unsaturated/α-hetero) is 1. The number of benzene rings is 1. The fourth-order valence-corrected chi connectivity index (χ4v) is 2.76. The molecule has 108 valence electrons. The molecule has 0 aromatic heterocycles. The average Bonchev–Trinajstić information content (AvgIpc) is 2.87. The zero-order valence-corrected chi connectivity index (χ0v) is 12.2. The van der Waals surface area contributed by atoms with Gasteiger partial charge in [0.15, 0.2) is 5.78 Å². The Balaban J connectivity index is 2.20. The molecule has 0 saturated carbocycles. The summed E-state index contributed by atoms with van der Waals surface area (Å²) < 4.78 is 0. The summed E-state index contributed by atoms with van der Waals surface area (Å²) in [5.41, 5.74) is 0.263. The maximum Gasteiger partial charge on any atom is 0.254 e. The molecule has 4 heteroatoms. The van der Waals surface area contributed by atoms with Crippen LogP contribution in [0, 0.1) is 0 Å². The highest BCUT2D eigenvalue weighted by Gasteiger charge is 2.38. The third kappa shape index (κ3) is 2.90. The lowest BCUT2D eigenvalue weighted by Crippen LogP contribution is -2.48. The molecule has 1 heterocycles.